The molecular formula is C26H18N4O4S. The quantitative estimate of drug-likeness (QED) is 0.354. The highest BCUT2D eigenvalue weighted by atomic mass is 32.1. The summed E-state index contributed by atoms with van der Waals surface area (Å²) in [6.45, 7) is 2.05. The molecule has 0 atom stereocenters. The first-order valence-corrected chi connectivity index (χ1v) is 11.7. The van der Waals surface area contributed by atoms with E-state index in [9.17, 15) is 9.59 Å². The van der Waals surface area contributed by atoms with Crippen LogP contribution in [0.15, 0.2) is 72.8 Å². The molecule has 8 nitrogen and oxygen atoms in total. The predicted octanol–water partition coefficient (Wildman–Crippen LogP) is 5.00. The summed E-state index contributed by atoms with van der Waals surface area (Å²) in [7, 11) is 0. The molecule has 5 aromatic rings. The van der Waals surface area contributed by atoms with Gasteiger partial charge in [0.05, 0.1) is 15.9 Å². The number of fused-ring (bicyclic) bond motifs is 2. The summed E-state index contributed by atoms with van der Waals surface area (Å²) in [5.74, 6) is 1.44. The standard InChI is InChI=1S/C26H18N4O4S/c1-15-11-23(30(29-15)26-27-19-12-20-21(34-14-33-20)13-22(19)35-26)28-25(32)18-9-7-17(8-10-18)24(31)16-5-3-2-4-6-16/h2-13H,14H2,1H3,(H,28,32). The second kappa shape index (κ2) is 8.37. The van der Waals surface area contributed by atoms with Crippen molar-refractivity contribution in [3.05, 3.63) is 95.2 Å². The Morgan fingerprint density at radius 2 is 1.60 bits per heavy atom. The molecule has 0 fully saturated rings. The van der Waals surface area contributed by atoms with E-state index < -0.39 is 0 Å². The lowest BCUT2D eigenvalue weighted by molar-refractivity contribution is 0.101. The van der Waals surface area contributed by atoms with Crippen molar-refractivity contribution in [1.29, 1.82) is 0 Å². The van der Waals surface area contributed by atoms with E-state index in [1.165, 1.54) is 11.3 Å². The highest BCUT2D eigenvalue weighted by Gasteiger charge is 2.20. The number of carbonyl (C=O) groups is 2. The number of thiazole rings is 1. The molecule has 35 heavy (non-hydrogen) atoms. The molecule has 1 amide bonds. The third-order valence-corrected chi connectivity index (χ3v) is 6.56. The molecular weight excluding hydrogens is 464 g/mol. The van der Waals surface area contributed by atoms with Crippen molar-refractivity contribution in [1.82, 2.24) is 14.8 Å². The van der Waals surface area contributed by atoms with Gasteiger partial charge in [-0.05, 0) is 19.1 Å². The van der Waals surface area contributed by atoms with Crippen LogP contribution in [-0.4, -0.2) is 33.2 Å². The van der Waals surface area contributed by atoms with E-state index in [0.717, 1.165) is 15.9 Å². The fraction of sp³-hybridized carbons (Fsp3) is 0.0769. The van der Waals surface area contributed by atoms with Crippen molar-refractivity contribution in [3.63, 3.8) is 0 Å². The summed E-state index contributed by atoms with van der Waals surface area (Å²) in [5.41, 5.74) is 3.04. The van der Waals surface area contributed by atoms with Crippen LogP contribution in [0.5, 0.6) is 11.5 Å². The van der Waals surface area contributed by atoms with Gasteiger partial charge in [0.15, 0.2) is 17.3 Å². The minimum Gasteiger partial charge on any atom is -0.454 e. The van der Waals surface area contributed by atoms with E-state index in [4.69, 9.17) is 9.47 Å². The topological polar surface area (TPSA) is 95.3 Å². The number of ether oxygens (including phenoxy) is 2. The highest BCUT2D eigenvalue weighted by Crippen LogP contribution is 2.39. The number of nitrogens with one attached hydrogen (secondary N) is 1. The summed E-state index contributed by atoms with van der Waals surface area (Å²) in [6.07, 6.45) is 0. The van der Waals surface area contributed by atoms with Gasteiger partial charge in [-0.25, -0.2) is 4.98 Å². The van der Waals surface area contributed by atoms with Crippen LogP contribution in [0.1, 0.15) is 32.0 Å². The summed E-state index contributed by atoms with van der Waals surface area (Å²) < 4.78 is 13.4. The van der Waals surface area contributed by atoms with Crippen LogP contribution in [0.4, 0.5) is 5.82 Å². The van der Waals surface area contributed by atoms with Crippen molar-refractivity contribution in [3.8, 4) is 16.6 Å². The van der Waals surface area contributed by atoms with Gasteiger partial charge in [-0.1, -0.05) is 53.8 Å². The van der Waals surface area contributed by atoms with E-state index in [1.807, 2.05) is 37.3 Å². The van der Waals surface area contributed by atoms with Gasteiger partial charge in [0.1, 0.15) is 5.82 Å². The summed E-state index contributed by atoms with van der Waals surface area (Å²) in [5, 5.41) is 8.03. The van der Waals surface area contributed by atoms with Crippen LogP contribution in [0.25, 0.3) is 15.3 Å². The molecule has 3 heterocycles. The molecule has 1 aliphatic rings. The van der Waals surface area contributed by atoms with Gasteiger partial charge >= 0.3 is 0 Å². The van der Waals surface area contributed by atoms with Gasteiger partial charge in [0.25, 0.3) is 5.91 Å². The van der Waals surface area contributed by atoms with Crippen molar-refractivity contribution >= 4 is 39.1 Å². The molecule has 0 aliphatic carbocycles. The fourth-order valence-corrected chi connectivity index (χ4v) is 4.79. The SMILES string of the molecule is Cc1cc(NC(=O)c2ccc(C(=O)c3ccccc3)cc2)n(-c2nc3cc4c(cc3s2)OCO4)n1. The molecule has 0 unspecified atom stereocenters. The Bertz CT molecular complexity index is 1550. The Hall–Kier alpha value is -4.50. The molecule has 6 rings (SSSR count). The molecule has 0 bridgehead atoms. The van der Waals surface area contributed by atoms with Gasteiger partial charge in [0.2, 0.25) is 11.9 Å². The maximum atomic E-state index is 13.0. The number of aromatic nitrogens is 3. The molecule has 0 saturated heterocycles. The van der Waals surface area contributed by atoms with Crippen LogP contribution in [-0.2, 0) is 0 Å². The monoisotopic (exact) mass is 482 g/mol. The Kier molecular flexibility index (Phi) is 5.04. The number of rotatable bonds is 5. The Balaban J connectivity index is 1.25. The average Bonchev–Trinajstić information content (AvgIpc) is 3.60. The maximum Gasteiger partial charge on any atom is 0.256 e. The van der Waals surface area contributed by atoms with Gasteiger partial charge < -0.3 is 14.8 Å². The van der Waals surface area contributed by atoms with E-state index in [2.05, 4.69) is 15.4 Å². The predicted molar refractivity (Wildman–Crippen MR) is 132 cm³/mol. The average molecular weight is 483 g/mol. The van der Waals surface area contributed by atoms with Crippen LogP contribution in [0.3, 0.4) is 0 Å². The number of anilines is 1. The molecule has 0 spiro atoms. The van der Waals surface area contributed by atoms with E-state index in [1.54, 1.807) is 47.1 Å². The molecule has 172 valence electrons. The van der Waals surface area contributed by atoms with Gasteiger partial charge in [-0.3, -0.25) is 9.59 Å². The minimum atomic E-state index is -0.313. The van der Waals surface area contributed by atoms with Gasteiger partial charge in [-0.15, -0.1) is 0 Å². The largest absolute Gasteiger partial charge is 0.454 e. The van der Waals surface area contributed by atoms with Crippen molar-refractivity contribution in [2.45, 2.75) is 6.92 Å². The normalized spacial score (nSPS) is 12.1. The number of carbonyl (C=O) groups excluding carboxylic acids is 2. The second-order valence-corrected chi connectivity index (χ2v) is 8.99. The lowest BCUT2D eigenvalue weighted by Crippen LogP contribution is -2.15. The molecule has 0 saturated carbocycles. The Morgan fingerprint density at radius 1 is 0.914 bits per heavy atom. The van der Waals surface area contributed by atoms with Crippen molar-refractivity contribution in [2.75, 3.05) is 12.1 Å². The van der Waals surface area contributed by atoms with E-state index >= 15 is 0 Å². The van der Waals surface area contributed by atoms with Crippen LogP contribution in [0.2, 0.25) is 0 Å². The number of aryl methyl sites for hydroxylation is 1. The molecule has 1 N–H and O–H groups in total. The maximum absolute atomic E-state index is 13.0. The first-order valence-electron chi connectivity index (χ1n) is 10.8. The summed E-state index contributed by atoms with van der Waals surface area (Å²) in [4.78, 5) is 30.3. The summed E-state index contributed by atoms with van der Waals surface area (Å²) in [6, 6.07) is 21.1. The van der Waals surface area contributed by atoms with E-state index in [0.29, 0.717) is 39.1 Å². The first-order chi connectivity index (χ1) is 17.0. The van der Waals surface area contributed by atoms with Crippen molar-refractivity contribution < 1.29 is 19.1 Å². The number of benzene rings is 3. The number of nitrogens with zero attached hydrogens (tertiary/aromatic N) is 3. The molecule has 0 radical (unpaired) electrons. The first kappa shape index (κ1) is 21.1. The zero-order chi connectivity index (χ0) is 23.9. The number of hydrogen-bond acceptors (Lipinski definition) is 7. The van der Waals surface area contributed by atoms with Gasteiger partial charge in [-0.2, -0.15) is 9.78 Å². The minimum absolute atomic E-state index is 0.0936. The Labute approximate surface area is 203 Å². The molecule has 1 aliphatic heterocycles. The fourth-order valence-electron chi connectivity index (χ4n) is 3.85. The summed E-state index contributed by atoms with van der Waals surface area (Å²) >= 11 is 1.43. The molecule has 3 aromatic carbocycles. The highest BCUT2D eigenvalue weighted by molar-refractivity contribution is 7.20. The lowest BCUT2D eigenvalue weighted by atomic mass is 10.0. The van der Waals surface area contributed by atoms with Crippen LogP contribution >= 0.6 is 11.3 Å². The Morgan fingerprint density at radius 3 is 2.37 bits per heavy atom. The molecule has 2 aromatic heterocycles. The number of amides is 1. The van der Waals surface area contributed by atoms with E-state index in [-0.39, 0.29) is 18.5 Å². The third-order valence-electron chi connectivity index (χ3n) is 5.57. The lowest BCUT2D eigenvalue weighted by Gasteiger charge is -2.07. The third kappa shape index (κ3) is 3.91. The smallest absolute Gasteiger partial charge is 0.256 e. The molecule has 9 heteroatoms. The zero-order valence-electron chi connectivity index (χ0n) is 18.5. The number of ketones is 1. The van der Waals surface area contributed by atoms with Gasteiger partial charge in [0, 0.05) is 34.9 Å². The zero-order valence-corrected chi connectivity index (χ0v) is 19.3. The van der Waals surface area contributed by atoms with Crippen LogP contribution in [0, 0.1) is 6.92 Å². The van der Waals surface area contributed by atoms with Crippen molar-refractivity contribution in [2.24, 2.45) is 0 Å². The van der Waals surface area contributed by atoms with Crippen LogP contribution < -0.4 is 14.8 Å². The second-order valence-electron chi connectivity index (χ2n) is 7.98. The number of hydrogen-bond donors (Lipinski definition) is 1.